The fourth-order valence-electron chi connectivity index (χ4n) is 5.60. The molecule has 6 nitrogen and oxygen atoms in total. The highest BCUT2D eigenvalue weighted by Gasteiger charge is 2.29. The summed E-state index contributed by atoms with van der Waals surface area (Å²) in [5.41, 5.74) is 11.4. The van der Waals surface area contributed by atoms with E-state index in [4.69, 9.17) is 22.3 Å². The van der Waals surface area contributed by atoms with Gasteiger partial charge in [-0.2, -0.15) is 0 Å². The van der Waals surface area contributed by atoms with Gasteiger partial charge in [-0.3, -0.25) is 9.69 Å². The molecule has 1 aromatic heterocycles. The van der Waals surface area contributed by atoms with Crippen LogP contribution in [0, 0.1) is 0 Å². The van der Waals surface area contributed by atoms with Crippen LogP contribution in [0.4, 0.5) is 0 Å². The van der Waals surface area contributed by atoms with Crippen molar-refractivity contribution in [1.29, 1.82) is 0 Å². The summed E-state index contributed by atoms with van der Waals surface area (Å²) in [6.07, 6.45) is 7.20. The van der Waals surface area contributed by atoms with Crippen LogP contribution in [0.1, 0.15) is 91.7 Å². The molecule has 37 heavy (non-hydrogen) atoms. The Morgan fingerprint density at radius 3 is 2.49 bits per heavy atom. The number of benzene rings is 2. The highest BCUT2D eigenvalue weighted by atomic mass is 35.5. The summed E-state index contributed by atoms with van der Waals surface area (Å²) in [6, 6.07) is 11.9. The van der Waals surface area contributed by atoms with Crippen LogP contribution in [0.2, 0.25) is 5.15 Å². The summed E-state index contributed by atoms with van der Waals surface area (Å²) in [5, 5.41) is 11.0. The molecular formula is C30H39ClN4O2. The van der Waals surface area contributed by atoms with Gasteiger partial charge < -0.3 is 15.4 Å². The summed E-state index contributed by atoms with van der Waals surface area (Å²) in [4.78, 5) is 19.0. The molecule has 0 aliphatic carbocycles. The Hall–Kier alpha value is -2.83. The number of nitrogens with zero attached hydrogens (tertiary/aromatic N) is 3. The summed E-state index contributed by atoms with van der Waals surface area (Å²) < 4.78 is 2.35. The van der Waals surface area contributed by atoms with E-state index in [-0.39, 0.29) is 17.4 Å². The maximum absolute atomic E-state index is 11.6. The molecule has 1 atom stereocenters. The minimum Gasteiger partial charge on any atom is -0.507 e. The van der Waals surface area contributed by atoms with Gasteiger partial charge in [-0.15, -0.1) is 0 Å². The second-order valence-electron chi connectivity index (χ2n) is 9.96. The Bertz CT molecular complexity index is 1230. The maximum atomic E-state index is 11.6. The van der Waals surface area contributed by atoms with Crippen LogP contribution in [0.3, 0.4) is 0 Å². The average molecular weight is 523 g/mol. The van der Waals surface area contributed by atoms with E-state index in [1.54, 1.807) is 12.1 Å². The van der Waals surface area contributed by atoms with E-state index in [0.717, 1.165) is 75.1 Å². The van der Waals surface area contributed by atoms with Crippen molar-refractivity contribution < 1.29 is 9.90 Å². The van der Waals surface area contributed by atoms with Gasteiger partial charge in [0.25, 0.3) is 5.91 Å². The third-order valence-electron chi connectivity index (χ3n) is 7.62. The standard InChI is InChI=1S/C30H39ClN4O2/c1-4-7-17-35-25(28(31)33-30(35)27-20(5-2)11-10-12-21(27)6-3)19-34-16-9-8-13-24(34)22-14-15-23(29(32)37)26(36)18-22/h10-12,14-15,18,24,36H,4-9,13,16-17,19H2,1-3H3,(H2,32,37). The number of piperidine rings is 1. The Morgan fingerprint density at radius 1 is 1.14 bits per heavy atom. The number of aromatic nitrogens is 2. The lowest BCUT2D eigenvalue weighted by molar-refractivity contribution is 0.0997. The lowest BCUT2D eigenvalue weighted by Gasteiger charge is -2.36. The largest absolute Gasteiger partial charge is 0.507 e. The summed E-state index contributed by atoms with van der Waals surface area (Å²) >= 11 is 6.91. The smallest absolute Gasteiger partial charge is 0.252 e. The first-order valence-corrected chi connectivity index (χ1v) is 14.0. The quantitative estimate of drug-likeness (QED) is 0.312. The topological polar surface area (TPSA) is 84.4 Å². The predicted molar refractivity (Wildman–Crippen MR) is 150 cm³/mol. The van der Waals surface area contributed by atoms with Gasteiger partial charge in [-0.1, -0.05) is 69.5 Å². The summed E-state index contributed by atoms with van der Waals surface area (Å²) in [7, 11) is 0. The van der Waals surface area contributed by atoms with E-state index in [1.807, 2.05) is 6.07 Å². The molecule has 1 amide bonds. The van der Waals surface area contributed by atoms with Gasteiger partial charge >= 0.3 is 0 Å². The number of rotatable bonds is 10. The van der Waals surface area contributed by atoms with Gasteiger partial charge in [0.1, 0.15) is 11.6 Å². The molecule has 2 heterocycles. The third-order valence-corrected chi connectivity index (χ3v) is 7.92. The maximum Gasteiger partial charge on any atom is 0.252 e. The third kappa shape index (κ3) is 5.70. The van der Waals surface area contributed by atoms with Crippen LogP contribution in [-0.4, -0.2) is 32.0 Å². The zero-order chi connectivity index (χ0) is 26.5. The van der Waals surface area contributed by atoms with Crippen molar-refractivity contribution in [2.45, 2.75) is 84.8 Å². The van der Waals surface area contributed by atoms with Gasteiger partial charge in [0.15, 0.2) is 5.15 Å². The Balaban J connectivity index is 1.75. The molecule has 1 saturated heterocycles. The molecule has 3 N–H and O–H groups in total. The van der Waals surface area contributed by atoms with Crippen molar-refractivity contribution in [1.82, 2.24) is 14.5 Å². The summed E-state index contributed by atoms with van der Waals surface area (Å²) in [6.45, 7) is 9.06. The fourth-order valence-corrected chi connectivity index (χ4v) is 5.84. The average Bonchev–Trinajstić information content (AvgIpc) is 3.21. The fraction of sp³-hybridized carbons (Fsp3) is 0.467. The number of phenols is 1. The first-order valence-electron chi connectivity index (χ1n) is 13.6. The number of halogens is 1. The molecule has 1 fully saturated rings. The van der Waals surface area contributed by atoms with Crippen LogP contribution in [-0.2, 0) is 25.9 Å². The van der Waals surface area contributed by atoms with Crippen molar-refractivity contribution in [3.8, 4) is 17.1 Å². The number of hydrogen-bond acceptors (Lipinski definition) is 4. The van der Waals surface area contributed by atoms with E-state index in [0.29, 0.717) is 11.7 Å². The normalized spacial score (nSPS) is 16.3. The Labute approximate surface area is 225 Å². The predicted octanol–water partition coefficient (Wildman–Crippen LogP) is 6.66. The van der Waals surface area contributed by atoms with E-state index in [1.165, 1.54) is 16.7 Å². The zero-order valence-corrected chi connectivity index (χ0v) is 23.0. The molecular weight excluding hydrogens is 484 g/mol. The number of likely N-dealkylation sites (tertiary alicyclic amines) is 1. The first-order chi connectivity index (χ1) is 17.9. The van der Waals surface area contributed by atoms with Gasteiger partial charge in [-0.25, -0.2) is 4.98 Å². The zero-order valence-electron chi connectivity index (χ0n) is 22.3. The number of unbranched alkanes of at least 4 members (excludes halogenated alkanes) is 1. The van der Waals surface area contributed by atoms with Crippen LogP contribution in [0.15, 0.2) is 36.4 Å². The lowest BCUT2D eigenvalue weighted by atomic mass is 9.94. The number of imidazole rings is 1. The van der Waals surface area contributed by atoms with E-state index in [2.05, 4.69) is 48.4 Å². The Morgan fingerprint density at radius 2 is 1.86 bits per heavy atom. The lowest BCUT2D eigenvalue weighted by Crippen LogP contribution is -2.34. The van der Waals surface area contributed by atoms with Gasteiger partial charge in [-0.05, 0) is 67.5 Å². The Kier molecular flexibility index (Phi) is 8.93. The number of carbonyl (C=O) groups is 1. The minimum atomic E-state index is -0.623. The monoisotopic (exact) mass is 522 g/mol. The minimum absolute atomic E-state index is 0.0629. The number of aromatic hydroxyl groups is 1. The van der Waals surface area contributed by atoms with E-state index < -0.39 is 5.91 Å². The molecule has 0 radical (unpaired) electrons. The molecule has 2 aromatic carbocycles. The number of hydrogen-bond donors (Lipinski definition) is 2. The molecule has 0 spiro atoms. The number of aryl methyl sites for hydroxylation is 2. The van der Waals surface area contributed by atoms with Gasteiger partial charge in [0.05, 0.1) is 11.3 Å². The van der Waals surface area contributed by atoms with E-state index >= 15 is 0 Å². The molecule has 0 bridgehead atoms. The van der Waals surface area contributed by atoms with Crippen molar-refractivity contribution >= 4 is 17.5 Å². The van der Waals surface area contributed by atoms with Crippen LogP contribution < -0.4 is 5.73 Å². The molecule has 7 heteroatoms. The molecule has 0 saturated carbocycles. The van der Waals surface area contributed by atoms with E-state index in [9.17, 15) is 9.90 Å². The highest BCUT2D eigenvalue weighted by molar-refractivity contribution is 6.30. The van der Waals surface area contributed by atoms with Gasteiger partial charge in [0.2, 0.25) is 0 Å². The molecule has 3 aromatic rings. The molecule has 1 aliphatic heterocycles. The van der Waals surface area contributed by atoms with Crippen LogP contribution in [0.25, 0.3) is 11.4 Å². The number of nitrogens with two attached hydrogens (primary N) is 1. The second kappa shape index (κ2) is 12.1. The summed E-state index contributed by atoms with van der Waals surface area (Å²) in [5.74, 6) is 0.286. The van der Waals surface area contributed by atoms with Crippen LogP contribution >= 0.6 is 11.6 Å². The number of amides is 1. The highest BCUT2D eigenvalue weighted by Crippen LogP contribution is 2.37. The first kappa shape index (κ1) is 27.2. The van der Waals surface area contributed by atoms with Crippen molar-refractivity contribution in [3.63, 3.8) is 0 Å². The van der Waals surface area contributed by atoms with Crippen molar-refractivity contribution in [3.05, 3.63) is 69.5 Å². The van der Waals surface area contributed by atoms with Crippen LogP contribution in [0.5, 0.6) is 5.75 Å². The van der Waals surface area contributed by atoms with Crippen molar-refractivity contribution in [2.75, 3.05) is 6.54 Å². The number of carbonyl (C=O) groups excluding carboxylic acids is 1. The second-order valence-corrected chi connectivity index (χ2v) is 10.3. The molecule has 198 valence electrons. The molecule has 4 rings (SSSR count). The number of primary amides is 1. The SMILES string of the molecule is CCCCn1c(-c2c(CC)cccc2CC)nc(Cl)c1CN1CCCCC1c1ccc(C(N)=O)c(O)c1. The van der Waals surface area contributed by atoms with Crippen molar-refractivity contribution in [2.24, 2.45) is 5.73 Å². The van der Waals surface area contributed by atoms with Gasteiger partial charge in [0, 0.05) is 24.7 Å². The molecule has 1 unspecified atom stereocenters. The molecule has 1 aliphatic rings.